The molecule has 0 saturated carbocycles. The van der Waals surface area contributed by atoms with Gasteiger partial charge in [-0.25, -0.2) is 0 Å². The van der Waals surface area contributed by atoms with E-state index in [0.29, 0.717) is 6.04 Å². The molecule has 2 rings (SSSR count). The van der Waals surface area contributed by atoms with Crippen molar-refractivity contribution < 1.29 is 0 Å². The summed E-state index contributed by atoms with van der Waals surface area (Å²) in [6.45, 7) is 10.2. The first-order valence-electron chi connectivity index (χ1n) is 7.46. The highest BCUT2D eigenvalue weighted by Gasteiger charge is 2.16. The third-order valence-corrected chi connectivity index (χ3v) is 4.13. The van der Waals surface area contributed by atoms with E-state index >= 15 is 0 Å². The van der Waals surface area contributed by atoms with Gasteiger partial charge < -0.3 is 10.2 Å². The highest BCUT2D eigenvalue weighted by Crippen LogP contribution is 2.22. The van der Waals surface area contributed by atoms with E-state index in [9.17, 15) is 0 Å². The largest absolute Gasteiger partial charge is 0.310 e. The summed E-state index contributed by atoms with van der Waals surface area (Å²) < 4.78 is 0. The molecule has 1 fully saturated rings. The van der Waals surface area contributed by atoms with Gasteiger partial charge in [-0.15, -0.1) is 0 Å². The van der Waals surface area contributed by atoms with Crippen molar-refractivity contribution in [1.82, 2.24) is 10.2 Å². The Balaban J connectivity index is 1.83. The number of piperidine rings is 1. The summed E-state index contributed by atoms with van der Waals surface area (Å²) in [4.78, 5) is 2.41. The predicted octanol–water partition coefficient (Wildman–Crippen LogP) is 3.17. The molecule has 0 aliphatic carbocycles. The molecular weight excluding hydrogens is 232 g/mol. The lowest BCUT2D eigenvalue weighted by atomic mass is 9.87. The van der Waals surface area contributed by atoms with Crippen LogP contribution in [0.25, 0.3) is 0 Å². The minimum absolute atomic E-state index is 0.250. The summed E-state index contributed by atoms with van der Waals surface area (Å²) >= 11 is 0. The lowest BCUT2D eigenvalue weighted by Gasteiger charge is -2.29. The van der Waals surface area contributed by atoms with Crippen LogP contribution in [-0.4, -0.2) is 31.1 Å². The van der Waals surface area contributed by atoms with Crippen LogP contribution in [0.5, 0.6) is 0 Å². The second-order valence-corrected chi connectivity index (χ2v) is 6.91. The van der Waals surface area contributed by atoms with Crippen molar-refractivity contribution in [3.63, 3.8) is 0 Å². The van der Waals surface area contributed by atoms with E-state index in [1.807, 2.05) is 0 Å². The smallest absolute Gasteiger partial charge is 0.0208 e. The van der Waals surface area contributed by atoms with Gasteiger partial charge in [0.15, 0.2) is 0 Å². The Labute approximate surface area is 118 Å². The van der Waals surface area contributed by atoms with Crippen molar-refractivity contribution in [1.29, 1.82) is 0 Å². The Morgan fingerprint density at radius 3 is 2.21 bits per heavy atom. The molecule has 0 radical (unpaired) electrons. The van der Waals surface area contributed by atoms with Gasteiger partial charge in [-0.1, -0.05) is 45.0 Å². The van der Waals surface area contributed by atoms with E-state index in [0.717, 1.165) is 6.54 Å². The van der Waals surface area contributed by atoms with Crippen LogP contribution in [0.1, 0.15) is 44.7 Å². The van der Waals surface area contributed by atoms with Gasteiger partial charge in [-0.2, -0.15) is 0 Å². The third kappa shape index (κ3) is 4.32. The van der Waals surface area contributed by atoms with Crippen molar-refractivity contribution in [2.75, 3.05) is 20.1 Å². The molecule has 1 N–H and O–H groups in total. The average molecular weight is 260 g/mol. The lowest BCUT2D eigenvalue weighted by molar-refractivity contribution is 0.234. The van der Waals surface area contributed by atoms with Crippen LogP contribution in [-0.2, 0) is 12.0 Å². The Hall–Kier alpha value is -0.860. The number of nitrogens with one attached hydrogen (secondary N) is 1. The van der Waals surface area contributed by atoms with Gasteiger partial charge >= 0.3 is 0 Å². The Kier molecular flexibility index (Phi) is 4.64. The molecule has 0 unspecified atom stereocenters. The normalized spacial score (nSPS) is 18.7. The summed E-state index contributed by atoms with van der Waals surface area (Å²) in [6.07, 6.45) is 2.55. The molecule has 0 atom stereocenters. The van der Waals surface area contributed by atoms with Crippen LogP contribution in [0.4, 0.5) is 0 Å². The summed E-state index contributed by atoms with van der Waals surface area (Å²) in [7, 11) is 2.21. The number of benzene rings is 1. The zero-order valence-corrected chi connectivity index (χ0v) is 12.9. The zero-order chi connectivity index (χ0) is 13.9. The molecular formula is C17H28N2. The quantitative estimate of drug-likeness (QED) is 0.898. The van der Waals surface area contributed by atoms with Crippen molar-refractivity contribution in [3.8, 4) is 0 Å². The van der Waals surface area contributed by atoms with Crippen molar-refractivity contribution in [2.45, 2.75) is 51.6 Å². The number of nitrogens with zero attached hydrogens (tertiary/aromatic N) is 1. The second kappa shape index (κ2) is 6.06. The molecule has 19 heavy (non-hydrogen) atoms. The highest BCUT2D eigenvalue weighted by atomic mass is 15.1. The third-order valence-electron chi connectivity index (χ3n) is 4.13. The van der Waals surface area contributed by atoms with E-state index in [-0.39, 0.29) is 5.41 Å². The predicted molar refractivity (Wildman–Crippen MR) is 82.5 cm³/mol. The molecule has 0 bridgehead atoms. The molecule has 2 nitrogen and oxygen atoms in total. The van der Waals surface area contributed by atoms with Crippen molar-refractivity contribution in [3.05, 3.63) is 35.4 Å². The maximum atomic E-state index is 3.69. The summed E-state index contributed by atoms with van der Waals surface area (Å²) in [5.74, 6) is 0. The molecule has 2 heteroatoms. The fourth-order valence-corrected chi connectivity index (χ4v) is 2.60. The average Bonchev–Trinajstić information content (AvgIpc) is 2.37. The van der Waals surface area contributed by atoms with Gasteiger partial charge in [0.2, 0.25) is 0 Å². The molecule has 0 amide bonds. The van der Waals surface area contributed by atoms with Gasteiger partial charge in [0, 0.05) is 12.6 Å². The van der Waals surface area contributed by atoms with E-state index in [1.165, 1.54) is 37.1 Å². The molecule has 0 aromatic heterocycles. The van der Waals surface area contributed by atoms with Gasteiger partial charge in [0.1, 0.15) is 0 Å². The van der Waals surface area contributed by atoms with E-state index in [2.05, 4.69) is 62.3 Å². The van der Waals surface area contributed by atoms with Gasteiger partial charge in [-0.3, -0.25) is 0 Å². The van der Waals surface area contributed by atoms with Crippen LogP contribution in [0.15, 0.2) is 24.3 Å². The molecule has 1 aromatic carbocycles. The van der Waals surface area contributed by atoms with Crippen LogP contribution in [0.2, 0.25) is 0 Å². The molecule has 1 aromatic rings. The van der Waals surface area contributed by atoms with Crippen molar-refractivity contribution in [2.24, 2.45) is 0 Å². The molecule has 1 aliphatic heterocycles. The first-order valence-corrected chi connectivity index (χ1v) is 7.46. The first kappa shape index (κ1) is 14.5. The fraction of sp³-hybridized carbons (Fsp3) is 0.647. The zero-order valence-electron chi connectivity index (χ0n) is 12.9. The minimum Gasteiger partial charge on any atom is -0.310 e. The number of hydrogen-bond donors (Lipinski definition) is 1. The number of hydrogen-bond acceptors (Lipinski definition) is 2. The van der Waals surface area contributed by atoms with Crippen LogP contribution >= 0.6 is 0 Å². The summed E-state index contributed by atoms with van der Waals surface area (Å²) in [6, 6.07) is 9.76. The molecule has 1 aliphatic rings. The summed E-state index contributed by atoms with van der Waals surface area (Å²) in [5.41, 5.74) is 3.06. The fourth-order valence-electron chi connectivity index (χ4n) is 2.60. The highest BCUT2D eigenvalue weighted by molar-refractivity contribution is 5.27. The Bertz CT molecular complexity index is 381. The van der Waals surface area contributed by atoms with Gasteiger partial charge in [0.05, 0.1) is 0 Å². The lowest BCUT2D eigenvalue weighted by Crippen LogP contribution is -2.40. The number of likely N-dealkylation sites (tertiary alicyclic amines) is 1. The summed E-state index contributed by atoms with van der Waals surface area (Å²) in [5, 5.41) is 3.69. The van der Waals surface area contributed by atoms with E-state index in [1.54, 1.807) is 0 Å². The Morgan fingerprint density at radius 2 is 1.68 bits per heavy atom. The molecule has 0 spiro atoms. The van der Waals surface area contributed by atoms with Crippen LogP contribution in [0, 0.1) is 0 Å². The molecule has 1 saturated heterocycles. The standard InChI is InChI=1S/C17H28N2/c1-17(2,3)15-7-5-14(6-8-15)13-18-16-9-11-19(4)12-10-16/h5-8,16,18H,9-13H2,1-4H3. The molecule has 1 heterocycles. The van der Waals surface area contributed by atoms with Crippen molar-refractivity contribution >= 4 is 0 Å². The SMILES string of the molecule is CN1CCC(NCc2ccc(C(C)(C)C)cc2)CC1. The maximum absolute atomic E-state index is 3.69. The number of rotatable bonds is 3. The van der Waals surface area contributed by atoms with Gasteiger partial charge in [0.25, 0.3) is 0 Å². The minimum atomic E-state index is 0.250. The first-order chi connectivity index (χ1) is 8.95. The van der Waals surface area contributed by atoms with Crippen LogP contribution in [0.3, 0.4) is 0 Å². The Morgan fingerprint density at radius 1 is 1.11 bits per heavy atom. The van der Waals surface area contributed by atoms with Crippen LogP contribution < -0.4 is 5.32 Å². The second-order valence-electron chi connectivity index (χ2n) is 6.91. The monoisotopic (exact) mass is 260 g/mol. The van der Waals surface area contributed by atoms with Gasteiger partial charge in [-0.05, 0) is 49.5 Å². The van der Waals surface area contributed by atoms with E-state index in [4.69, 9.17) is 0 Å². The topological polar surface area (TPSA) is 15.3 Å². The van der Waals surface area contributed by atoms with E-state index < -0.39 is 0 Å². The molecule has 106 valence electrons. The maximum Gasteiger partial charge on any atom is 0.0208 e.